The second kappa shape index (κ2) is 8.69. The summed E-state index contributed by atoms with van der Waals surface area (Å²) in [6.07, 6.45) is 7.64. The molecule has 2 unspecified atom stereocenters. The van der Waals surface area contributed by atoms with Crippen LogP contribution in [0.25, 0.3) is 0 Å². The molecule has 0 amide bonds. The molecule has 2 aliphatic carbocycles. The number of carboxylic acid groups (broad SMARTS) is 1. The van der Waals surface area contributed by atoms with Crippen molar-refractivity contribution in [3.05, 3.63) is 0 Å². The molecular weight excluding hydrogens is 300 g/mol. The van der Waals surface area contributed by atoms with E-state index in [9.17, 15) is 9.90 Å². The number of hydrogen-bond acceptors (Lipinski definition) is 2. The fourth-order valence-corrected chi connectivity index (χ4v) is 6.13. The Hall–Kier alpha value is -0.570. The van der Waals surface area contributed by atoms with Gasteiger partial charge in [-0.3, -0.25) is 4.79 Å². The van der Waals surface area contributed by atoms with Gasteiger partial charge >= 0.3 is 5.97 Å². The quantitative estimate of drug-likeness (QED) is 0.644. The number of carbonyl (C=O) groups is 1. The van der Waals surface area contributed by atoms with E-state index in [2.05, 4.69) is 27.7 Å². The highest BCUT2D eigenvalue weighted by atomic mass is 16.4. The molecule has 0 aromatic heterocycles. The molecule has 0 saturated heterocycles. The first kappa shape index (κ1) is 19.8. The Balaban J connectivity index is 2.16. The summed E-state index contributed by atoms with van der Waals surface area (Å²) in [5, 5.41) is 19.5. The first-order chi connectivity index (χ1) is 11.4. The van der Waals surface area contributed by atoms with Gasteiger partial charge in [-0.1, -0.05) is 40.5 Å². The van der Waals surface area contributed by atoms with Gasteiger partial charge in [0.15, 0.2) is 0 Å². The molecule has 2 N–H and O–H groups in total. The third-order valence-electron chi connectivity index (χ3n) is 7.33. The van der Waals surface area contributed by atoms with E-state index in [1.54, 1.807) is 0 Å². The molecule has 2 aliphatic rings. The number of fused-ring (bicyclic) bond motifs is 1. The number of aliphatic hydroxyl groups excluding tert-OH is 1. The van der Waals surface area contributed by atoms with Gasteiger partial charge in [-0.05, 0) is 73.5 Å². The third kappa shape index (κ3) is 4.33. The topological polar surface area (TPSA) is 57.5 Å². The van der Waals surface area contributed by atoms with Crippen molar-refractivity contribution in [1.29, 1.82) is 0 Å². The molecule has 2 fully saturated rings. The normalized spacial score (nSPS) is 40.8. The van der Waals surface area contributed by atoms with E-state index < -0.39 is 5.97 Å². The van der Waals surface area contributed by atoms with Crippen LogP contribution in [0.2, 0.25) is 0 Å². The molecule has 8 atom stereocenters. The van der Waals surface area contributed by atoms with Crippen LogP contribution in [-0.4, -0.2) is 22.3 Å². The number of aliphatic hydroxyl groups is 1. The average Bonchev–Trinajstić information content (AvgIpc) is 2.53. The molecule has 0 aromatic rings. The van der Waals surface area contributed by atoms with Gasteiger partial charge in [0.1, 0.15) is 0 Å². The minimum absolute atomic E-state index is 0.118. The van der Waals surface area contributed by atoms with E-state index in [0.29, 0.717) is 36.0 Å². The SMILES string of the molecule is CCC(C)[C@H]1[C@@H](CCCCC(=O)O)[C@H]2C(C[C@@H]1C)[C@@H](O)CC[C@@H]2C. The molecule has 0 aromatic carbocycles. The van der Waals surface area contributed by atoms with Crippen molar-refractivity contribution in [3.63, 3.8) is 0 Å². The van der Waals surface area contributed by atoms with Gasteiger partial charge in [0, 0.05) is 6.42 Å². The van der Waals surface area contributed by atoms with Crippen LogP contribution >= 0.6 is 0 Å². The number of aliphatic carboxylic acids is 1. The van der Waals surface area contributed by atoms with Crippen molar-refractivity contribution < 1.29 is 15.0 Å². The summed E-state index contributed by atoms with van der Waals surface area (Å²) in [6.45, 7) is 9.47. The predicted molar refractivity (Wildman–Crippen MR) is 97.7 cm³/mol. The lowest BCUT2D eigenvalue weighted by molar-refractivity contribution is -0.137. The summed E-state index contributed by atoms with van der Waals surface area (Å²) in [6, 6.07) is 0. The van der Waals surface area contributed by atoms with E-state index in [-0.39, 0.29) is 6.10 Å². The molecule has 3 nitrogen and oxygen atoms in total. The van der Waals surface area contributed by atoms with E-state index >= 15 is 0 Å². The third-order valence-corrected chi connectivity index (χ3v) is 7.33. The maximum Gasteiger partial charge on any atom is 0.303 e. The summed E-state index contributed by atoms with van der Waals surface area (Å²) in [7, 11) is 0. The van der Waals surface area contributed by atoms with Crippen LogP contribution in [0.3, 0.4) is 0 Å². The molecule has 2 rings (SSSR count). The Morgan fingerprint density at radius 3 is 2.50 bits per heavy atom. The van der Waals surface area contributed by atoms with Crippen LogP contribution < -0.4 is 0 Å². The second-order valence-electron chi connectivity index (χ2n) is 8.84. The first-order valence-corrected chi connectivity index (χ1v) is 10.3. The molecular formula is C21H38O3. The lowest BCUT2D eigenvalue weighted by Crippen LogP contribution is -2.50. The van der Waals surface area contributed by atoms with Gasteiger partial charge in [-0.15, -0.1) is 0 Å². The number of rotatable bonds is 7. The zero-order valence-electron chi connectivity index (χ0n) is 16.1. The number of hydrogen-bond donors (Lipinski definition) is 2. The van der Waals surface area contributed by atoms with Gasteiger partial charge in [0.05, 0.1) is 6.10 Å². The van der Waals surface area contributed by atoms with E-state index in [0.717, 1.165) is 43.9 Å². The Kier molecular flexibility index (Phi) is 7.15. The Morgan fingerprint density at radius 1 is 1.17 bits per heavy atom. The van der Waals surface area contributed by atoms with Crippen LogP contribution in [0, 0.1) is 41.4 Å². The van der Waals surface area contributed by atoms with Gasteiger partial charge in [-0.2, -0.15) is 0 Å². The standard InChI is InChI=1S/C21H38O3/c1-5-13(2)20-15(4)12-17-18(22)11-10-14(3)21(17)16(20)8-6-7-9-19(23)24/h13-18,20-22H,5-12H2,1-4H3,(H,23,24)/t13?,14-,15-,16+,17?,18-,20+,21-/m0/s1. The van der Waals surface area contributed by atoms with Gasteiger partial charge in [-0.25, -0.2) is 0 Å². The van der Waals surface area contributed by atoms with Crippen LogP contribution in [-0.2, 0) is 4.79 Å². The minimum Gasteiger partial charge on any atom is -0.481 e. The van der Waals surface area contributed by atoms with E-state index in [4.69, 9.17) is 5.11 Å². The monoisotopic (exact) mass is 338 g/mol. The number of carboxylic acids is 1. The highest BCUT2D eigenvalue weighted by Crippen LogP contribution is 2.54. The molecule has 140 valence electrons. The van der Waals surface area contributed by atoms with E-state index in [1.807, 2.05) is 0 Å². The lowest BCUT2D eigenvalue weighted by Gasteiger charge is -2.54. The highest BCUT2D eigenvalue weighted by Gasteiger charge is 2.49. The number of unbranched alkanes of at least 4 members (excludes halogenated alkanes) is 1. The summed E-state index contributed by atoms with van der Waals surface area (Å²) >= 11 is 0. The van der Waals surface area contributed by atoms with Crippen LogP contribution in [0.4, 0.5) is 0 Å². The average molecular weight is 339 g/mol. The molecule has 0 aliphatic heterocycles. The minimum atomic E-state index is -0.676. The fraction of sp³-hybridized carbons (Fsp3) is 0.952. The Bertz CT molecular complexity index is 408. The predicted octanol–water partition coefficient (Wildman–Crippen LogP) is 4.97. The molecule has 3 heteroatoms. The Labute approximate surface area is 148 Å². The first-order valence-electron chi connectivity index (χ1n) is 10.3. The summed E-state index contributed by atoms with van der Waals surface area (Å²) in [5.41, 5.74) is 0. The van der Waals surface area contributed by atoms with Crippen molar-refractivity contribution in [2.75, 3.05) is 0 Å². The van der Waals surface area contributed by atoms with E-state index in [1.165, 1.54) is 12.8 Å². The molecule has 0 bridgehead atoms. The van der Waals surface area contributed by atoms with Gasteiger partial charge in [0.2, 0.25) is 0 Å². The second-order valence-corrected chi connectivity index (χ2v) is 8.84. The summed E-state index contributed by atoms with van der Waals surface area (Å²) < 4.78 is 0. The van der Waals surface area contributed by atoms with Gasteiger partial charge in [0.25, 0.3) is 0 Å². The molecule has 0 heterocycles. The zero-order chi connectivity index (χ0) is 17.9. The zero-order valence-corrected chi connectivity index (χ0v) is 16.1. The molecule has 2 saturated carbocycles. The summed E-state index contributed by atoms with van der Waals surface area (Å²) in [4.78, 5) is 10.8. The molecule has 0 spiro atoms. The maximum atomic E-state index is 10.8. The maximum absolute atomic E-state index is 10.8. The largest absolute Gasteiger partial charge is 0.481 e. The van der Waals surface area contributed by atoms with Crippen molar-refractivity contribution in [3.8, 4) is 0 Å². The smallest absolute Gasteiger partial charge is 0.303 e. The van der Waals surface area contributed by atoms with Crippen LogP contribution in [0.5, 0.6) is 0 Å². The summed E-state index contributed by atoms with van der Waals surface area (Å²) in [5.74, 6) is 3.90. The Morgan fingerprint density at radius 2 is 1.88 bits per heavy atom. The van der Waals surface area contributed by atoms with Crippen molar-refractivity contribution in [2.45, 2.75) is 85.2 Å². The molecule has 24 heavy (non-hydrogen) atoms. The lowest BCUT2D eigenvalue weighted by atomic mass is 9.51. The fourth-order valence-electron chi connectivity index (χ4n) is 6.13. The van der Waals surface area contributed by atoms with Crippen LogP contribution in [0.15, 0.2) is 0 Å². The van der Waals surface area contributed by atoms with Crippen molar-refractivity contribution >= 4 is 5.97 Å². The van der Waals surface area contributed by atoms with Gasteiger partial charge < -0.3 is 10.2 Å². The van der Waals surface area contributed by atoms with Crippen LogP contribution in [0.1, 0.15) is 79.1 Å². The van der Waals surface area contributed by atoms with Crippen molar-refractivity contribution in [1.82, 2.24) is 0 Å². The van der Waals surface area contributed by atoms with Crippen molar-refractivity contribution in [2.24, 2.45) is 41.4 Å². The highest BCUT2D eigenvalue weighted by molar-refractivity contribution is 5.66. The molecule has 0 radical (unpaired) electrons.